The lowest BCUT2D eigenvalue weighted by molar-refractivity contribution is -0.129. The third kappa shape index (κ3) is 4.23. The van der Waals surface area contributed by atoms with Crippen LogP contribution in [0, 0.1) is 5.92 Å². The lowest BCUT2D eigenvalue weighted by Gasteiger charge is -2.27. The van der Waals surface area contributed by atoms with Crippen molar-refractivity contribution in [3.8, 4) is 5.75 Å². The SMILES string of the molecule is COc1ccc(CC(=O)N(C)CC2CCNCC2)cc1. The van der Waals surface area contributed by atoms with Gasteiger partial charge in [0.1, 0.15) is 5.75 Å². The van der Waals surface area contributed by atoms with E-state index >= 15 is 0 Å². The zero-order valence-corrected chi connectivity index (χ0v) is 12.4. The molecule has 0 saturated carbocycles. The minimum Gasteiger partial charge on any atom is -0.497 e. The summed E-state index contributed by atoms with van der Waals surface area (Å²) in [4.78, 5) is 14.1. The summed E-state index contributed by atoms with van der Waals surface area (Å²) in [5.74, 6) is 1.65. The van der Waals surface area contributed by atoms with Crippen LogP contribution in [-0.2, 0) is 11.2 Å². The molecule has 4 heteroatoms. The van der Waals surface area contributed by atoms with Gasteiger partial charge in [-0.3, -0.25) is 4.79 Å². The highest BCUT2D eigenvalue weighted by atomic mass is 16.5. The molecule has 20 heavy (non-hydrogen) atoms. The Morgan fingerprint density at radius 3 is 2.55 bits per heavy atom. The Bertz CT molecular complexity index is 425. The highest BCUT2D eigenvalue weighted by Gasteiger charge is 2.18. The van der Waals surface area contributed by atoms with Crippen molar-refractivity contribution in [3.63, 3.8) is 0 Å². The van der Waals surface area contributed by atoms with Crippen molar-refractivity contribution in [2.24, 2.45) is 5.92 Å². The molecular formula is C16H24N2O2. The molecule has 0 aliphatic carbocycles. The van der Waals surface area contributed by atoms with Crippen molar-refractivity contribution in [3.05, 3.63) is 29.8 Å². The number of likely N-dealkylation sites (N-methyl/N-ethyl adjacent to an activating group) is 1. The van der Waals surface area contributed by atoms with Gasteiger partial charge in [0.05, 0.1) is 13.5 Å². The molecule has 1 aromatic carbocycles. The number of benzene rings is 1. The molecule has 1 saturated heterocycles. The van der Waals surface area contributed by atoms with Crippen LogP contribution >= 0.6 is 0 Å². The van der Waals surface area contributed by atoms with Gasteiger partial charge in [-0.05, 0) is 49.5 Å². The summed E-state index contributed by atoms with van der Waals surface area (Å²) in [5, 5.41) is 3.35. The number of amides is 1. The molecule has 0 atom stereocenters. The van der Waals surface area contributed by atoms with Gasteiger partial charge in [-0.25, -0.2) is 0 Å². The van der Waals surface area contributed by atoms with E-state index in [9.17, 15) is 4.79 Å². The maximum Gasteiger partial charge on any atom is 0.226 e. The summed E-state index contributed by atoms with van der Waals surface area (Å²) < 4.78 is 5.12. The van der Waals surface area contributed by atoms with Crippen LogP contribution in [0.15, 0.2) is 24.3 Å². The Balaban J connectivity index is 1.83. The van der Waals surface area contributed by atoms with E-state index < -0.39 is 0 Å². The van der Waals surface area contributed by atoms with Crippen LogP contribution in [0.5, 0.6) is 5.75 Å². The van der Waals surface area contributed by atoms with Crippen LogP contribution in [0.4, 0.5) is 0 Å². The van der Waals surface area contributed by atoms with Gasteiger partial charge in [0.2, 0.25) is 5.91 Å². The predicted molar refractivity (Wildman–Crippen MR) is 79.9 cm³/mol. The molecule has 0 aromatic heterocycles. The van der Waals surface area contributed by atoms with Crippen molar-refractivity contribution in [1.82, 2.24) is 10.2 Å². The smallest absolute Gasteiger partial charge is 0.226 e. The highest BCUT2D eigenvalue weighted by Crippen LogP contribution is 2.15. The molecule has 1 N–H and O–H groups in total. The van der Waals surface area contributed by atoms with Crippen molar-refractivity contribution in [1.29, 1.82) is 0 Å². The third-order valence-electron chi connectivity index (χ3n) is 3.93. The second-order valence-electron chi connectivity index (χ2n) is 5.49. The van der Waals surface area contributed by atoms with E-state index in [0.717, 1.165) is 30.9 Å². The van der Waals surface area contributed by atoms with E-state index in [-0.39, 0.29) is 5.91 Å². The second-order valence-corrected chi connectivity index (χ2v) is 5.49. The predicted octanol–water partition coefficient (Wildman–Crippen LogP) is 1.70. The fraction of sp³-hybridized carbons (Fsp3) is 0.562. The molecule has 2 rings (SSSR count). The molecule has 110 valence electrons. The number of ether oxygens (including phenoxy) is 1. The standard InChI is InChI=1S/C16H24N2O2/c1-18(12-14-7-9-17-10-8-14)16(19)11-13-3-5-15(20-2)6-4-13/h3-6,14,17H,7-12H2,1-2H3. The molecule has 4 nitrogen and oxygen atoms in total. The molecule has 1 heterocycles. The van der Waals surface area contributed by atoms with Gasteiger partial charge in [0, 0.05) is 13.6 Å². The molecule has 1 fully saturated rings. The Labute approximate surface area is 121 Å². The number of hydrogen-bond donors (Lipinski definition) is 1. The van der Waals surface area contributed by atoms with Crippen LogP contribution < -0.4 is 10.1 Å². The Hall–Kier alpha value is -1.55. The number of hydrogen-bond acceptors (Lipinski definition) is 3. The first-order valence-electron chi connectivity index (χ1n) is 7.26. The van der Waals surface area contributed by atoms with Crippen molar-refractivity contribution in [2.45, 2.75) is 19.3 Å². The minimum absolute atomic E-state index is 0.189. The number of rotatable bonds is 5. The number of piperidine rings is 1. The van der Waals surface area contributed by atoms with Crippen molar-refractivity contribution in [2.75, 3.05) is 33.8 Å². The molecule has 0 spiro atoms. The Morgan fingerprint density at radius 1 is 1.30 bits per heavy atom. The summed E-state index contributed by atoms with van der Waals surface area (Å²) in [6.45, 7) is 3.02. The zero-order valence-electron chi connectivity index (χ0n) is 12.4. The van der Waals surface area contributed by atoms with Gasteiger partial charge < -0.3 is 15.0 Å². The van der Waals surface area contributed by atoms with E-state index in [1.54, 1.807) is 7.11 Å². The molecule has 0 bridgehead atoms. The largest absolute Gasteiger partial charge is 0.497 e. The zero-order chi connectivity index (χ0) is 14.4. The average Bonchev–Trinajstić information content (AvgIpc) is 2.49. The molecule has 0 radical (unpaired) electrons. The second kappa shape index (κ2) is 7.29. The fourth-order valence-corrected chi connectivity index (χ4v) is 2.61. The Morgan fingerprint density at radius 2 is 1.95 bits per heavy atom. The van der Waals surface area contributed by atoms with E-state index in [1.165, 1.54) is 12.8 Å². The maximum atomic E-state index is 12.2. The molecule has 1 aromatic rings. The minimum atomic E-state index is 0.189. The van der Waals surface area contributed by atoms with Crippen LogP contribution in [0.3, 0.4) is 0 Å². The fourth-order valence-electron chi connectivity index (χ4n) is 2.61. The normalized spacial score (nSPS) is 15.9. The van der Waals surface area contributed by atoms with Crippen LogP contribution in [0.25, 0.3) is 0 Å². The summed E-state index contributed by atoms with van der Waals surface area (Å²) in [5.41, 5.74) is 1.04. The van der Waals surface area contributed by atoms with Gasteiger partial charge in [0.15, 0.2) is 0 Å². The lowest BCUT2D eigenvalue weighted by Crippen LogP contribution is -2.37. The monoisotopic (exact) mass is 276 g/mol. The lowest BCUT2D eigenvalue weighted by atomic mass is 9.97. The first kappa shape index (κ1) is 14.9. The average molecular weight is 276 g/mol. The molecule has 1 amide bonds. The first-order chi connectivity index (χ1) is 9.69. The first-order valence-corrected chi connectivity index (χ1v) is 7.26. The van der Waals surface area contributed by atoms with Crippen LogP contribution in [-0.4, -0.2) is 44.6 Å². The van der Waals surface area contributed by atoms with Gasteiger partial charge in [-0.2, -0.15) is 0 Å². The van der Waals surface area contributed by atoms with Gasteiger partial charge >= 0.3 is 0 Å². The quantitative estimate of drug-likeness (QED) is 0.890. The topological polar surface area (TPSA) is 41.6 Å². The van der Waals surface area contributed by atoms with E-state index in [1.807, 2.05) is 36.2 Å². The van der Waals surface area contributed by atoms with Crippen molar-refractivity contribution < 1.29 is 9.53 Å². The van der Waals surface area contributed by atoms with Gasteiger partial charge in [-0.15, -0.1) is 0 Å². The summed E-state index contributed by atoms with van der Waals surface area (Å²) in [6.07, 6.45) is 2.80. The number of nitrogens with one attached hydrogen (secondary N) is 1. The van der Waals surface area contributed by atoms with Gasteiger partial charge in [-0.1, -0.05) is 12.1 Å². The van der Waals surface area contributed by atoms with Crippen LogP contribution in [0.1, 0.15) is 18.4 Å². The van der Waals surface area contributed by atoms with E-state index in [4.69, 9.17) is 4.74 Å². The van der Waals surface area contributed by atoms with E-state index in [0.29, 0.717) is 12.3 Å². The Kier molecular flexibility index (Phi) is 5.41. The number of methoxy groups -OCH3 is 1. The highest BCUT2D eigenvalue weighted by molar-refractivity contribution is 5.78. The summed E-state index contributed by atoms with van der Waals surface area (Å²) >= 11 is 0. The molecular weight excluding hydrogens is 252 g/mol. The summed E-state index contributed by atoms with van der Waals surface area (Å²) in [7, 11) is 3.56. The maximum absolute atomic E-state index is 12.2. The van der Waals surface area contributed by atoms with E-state index in [2.05, 4.69) is 5.32 Å². The van der Waals surface area contributed by atoms with Crippen molar-refractivity contribution >= 4 is 5.91 Å². The molecule has 1 aliphatic rings. The number of carbonyl (C=O) groups excluding carboxylic acids is 1. The molecule has 1 aliphatic heterocycles. The van der Waals surface area contributed by atoms with Gasteiger partial charge in [0.25, 0.3) is 0 Å². The number of carbonyl (C=O) groups is 1. The summed E-state index contributed by atoms with van der Waals surface area (Å²) in [6, 6.07) is 7.70. The number of nitrogens with zero attached hydrogens (tertiary/aromatic N) is 1. The molecule has 0 unspecified atom stereocenters. The van der Waals surface area contributed by atoms with Crippen LogP contribution in [0.2, 0.25) is 0 Å². The third-order valence-corrected chi connectivity index (χ3v) is 3.93.